The first-order valence-electron chi connectivity index (χ1n) is 8.48. The van der Waals surface area contributed by atoms with Crippen molar-refractivity contribution >= 4 is 24.0 Å². The minimum Gasteiger partial charge on any atom is -0.491 e. The van der Waals surface area contributed by atoms with Gasteiger partial charge in [-0.2, -0.15) is 0 Å². The molecule has 0 saturated carbocycles. The molecule has 0 aliphatic rings. The van der Waals surface area contributed by atoms with Crippen LogP contribution in [-0.2, 0) is 4.79 Å². The molecule has 2 rings (SSSR count). The van der Waals surface area contributed by atoms with Gasteiger partial charge in [0.2, 0.25) is 6.41 Å². The van der Waals surface area contributed by atoms with Crippen molar-refractivity contribution in [2.24, 2.45) is 0 Å². The van der Waals surface area contributed by atoms with Crippen molar-refractivity contribution in [3.05, 3.63) is 42.0 Å². The molecule has 0 saturated heterocycles. The average Bonchev–Trinajstić information content (AvgIpc) is 2.60. The number of amides is 1. The number of benzene rings is 2. The third-order valence-electron chi connectivity index (χ3n) is 3.64. The zero-order valence-corrected chi connectivity index (χ0v) is 14.9. The number of anilines is 2. The van der Waals surface area contributed by atoms with Gasteiger partial charge >= 0.3 is 0 Å². The third kappa shape index (κ3) is 4.59. The number of ether oxygens (including phenoxy) is 1. The van der Waals surface area contributed by atoms with Crippen LogP contribution in [0.4, 0.5) is 11.4 Å². The van der Waals surface area contributed by atoms with Crippen molar-refractivity contribution in [3.8, 4) is 16.9 Å². The van der Waals surface area contributed by atoms with Crippen LogP contribution in [0.15, 0.2) is 36.4 Å². The Morgan fingerprint density at radius 2 is 2.00 bits per heavy atom. The highest BCUT2D eigenvalue weighted by Crippen LogP contribution is 2.37. The van der Waals surface area contributed by atoms with Gasteiger partial charge in [0, 0.05) is 29.1 Å². The van der Waals surface area contributed by atoms with Crippen LogP contribution in [0.3, 0.4) is 0 Å². The van der Waals surface area contributed by atoms with Gasteiger partial charge in [-0.3, -0.25) is 4.79 Å². The minimum atomic E-state index is 0.285. The van der Waals surface area contributed by atoms with E-state index in [2.05, 4.69) is 24.5 Å². The molecule has 0 heterocycles. The predicted molar refractivity (Wildman–Crippen MR) is 104 cm³/mol. The molecular weight excluding hydrogens is 314 g/mol. The molecule has 5 heteroatoms. The molecule has 132 valence electrons. The van der Waals surface area contributed by atoms with Crippen LogP contribution in [0.5, 0.6) is 5.75 Å². The fourth-order valence-electron chi connectivity index (χ4n) is 2.59. The molecular formula is C20H25N3O2. The van der Waals surface area contributed by atoms with Gasteiger partial charge in [-0.05, 0) is 44.0 Å². The molecule has 0 aliphatic carbocycles. The van der Waals surface area contributed by atoms with E-state index >= 15 is 0 Å². The van der Waals surface area contributed by atoms with Gasteiger partial charge in [-0.1, -0.05) is 25.1 Å². The molecule has 3 N–H and O–H groups in total. The van der Waals surface area contributed by atoms with E-state index in [9.17, 15) is 4.79 Å². The van der Waals surface area contributed by atoms with Gasteiger partial charge in [-0.15, -0.1) is 0 Å². The summed E-state index contributed by atoms with van der Waals surface area (Å²) in [5.41, 5.74) is 4.20. The molecule has 0 spiro atoms. The summed E-state index contributed by atoms with van der Waals surface area (Å²) in [6, 6.07) is 11.9. The van der Waals surface area contributed by atoms with Gasteiger partial charge in [0.25, 0.3) is 0 Å². The maximum absolute atomic E-state index is 10.9. The van der Waals surface area contributed by atoms with Crippen LogP contribution in [0.25, 0.3) is 11.1 Å². The van der Waals surface area contributed by atoms with Gasteiger partial charge < -0.3 is 20.8 Å². The lowest BCUT2D eigenvalue weighted by molar-refractivity contribution is -0.105. The number of para-hydroxylation sites is 1. The highest BCUT2D eigenvalue weighted by Gasteiger charge is 2.13. The number of hydrogen-bond acceptors (Lipinski definition) is 4. The molecule has 2 aromatic carbocycles. The largest absolute Gasteiger partial charge is 0.491 e. The summed E-state index contributed by atoms with van der Waals surface area (Å²) >= 11 is 0. The highest BCUT2D eigenvalue weighted by molar-refractivity contribution is 5.91. The molecule has 5 nitrogen and oxygen atoms in total. The Morgan fingerprint density at radius 1 is 1.20 bits per heavy atom. The van der Waals surface area contributed by atoms with Crippen LogP contribution in [0, 0.1) is 5.41 Å². The standard InChI is InChI=1S/C20H25N3O2/c1-4-10-25-20-17(6-5-7-19(20)22-13-24)15-8-9-18(23-14(2)3)16(11-15)12-21/h5-9,11-14,21,23H,4,10H2,1-3H3,(H,22,24). The molecule has 0 atom stereocenters. The van der Waals surface area contributed by atoms with Crippen LogP contribution < -0.4 is 15.4 Å². The van der Waals surface area contributed by atoms with Crippen molar-refractivity contribution in [3.63, 3.8) is 0 Å². The second-order valence-electron chi connectivity index (χ2n) is 6.04. The first kappa shape index (κ1) is 18.5. The lowest BCUT2D eigenvalue weighted by Crippen LogP contribution is -2.11. The van der Waals surface area contributed by atoms with Crippen LogP contribution in [-0.4, -0.2) is 25.3 Å². The van der Waals surface area contributed by atoms with Gasteiger partial charge in [0.1, 0.15) is 0 Å². The lowest BCUT2D eigenvalue weighted by Gasteiger charge is -2.17. The Kier molecular flexibility index (Phi) is 6.57. The fourth-order valence-corrected chi connectivity index (χ4v) is 2.59. The zero-order valence-electron chi connectivity index (χ0n) is 14.9. The molecule has 0 aromatic heterocycles. The molecule has 25 heavy (non-hydrogen) atoms. The van der Waals surface area contributed by atoms with Crippen LogP contribution >= 0.6 is 0 Å². The summed E-state index contributed by atoms with van der Waals surface area (Å²) in [7, 11) is 0. The molecule has 0 fully saturated rings. The molecule has 0 radical (unpaired) electrons. The first-order chi connectivity index (χ1) is 12.1. The van der Waals surface area contributed by atoms with Crippen molar-refractivity contribution in [1.82, 2.24) is 0 Å². The quantitative estimate of drug-likeness (QED) is 0.464. The summed E-state index contributed by atoms with van der Waals surface area (Å²) in [6.07, 6.45) is 2.86. The van der Waals surface area contributed by atoms with Crippen molar-refractivity contribution in [1.29, 1.82) is 5.41 Å². The second kappa shape index (κ2) is 8.87. The number of hydrogen-bond donors (Lipinski definition) is 3. The number of carbonyl (C=O) groups is 1. The SMILES string of the molecule is CCCOc1c(NC=O)cccc1-c1ccc(NC(C)C)c(C=N)c1. The summed E-state index contributed by atoms with van der Waals surface area (Å²) in [6.45, 7) is 6.73. The van der Waals surface area contributed by atoms with Crippen LogP contribution in [0.2, 0.25) is 0 Å². The lowest BCUT2D eigenvalue weighted by atomic mass is 10.00. The highest BCUT2D eigenvalue weighted by atomic mass is 16.5. The first-order valence-corrected chi connectivity index (χ1v) is 8.48. The normalized spacial score (nSPS) is 10.4. The zero-order chi connectivity index (χ0) is 18.2. The summed E-state index contributed by atoms with van der Waals surface area (Å²) in [5.74, 6) is 0.650. The average molecular weight is 339 g/mol. The topological polar surface area (TPSA) is 74.2 Å². The number of rotatable bonds is 9. The maximum Gasteiger partial charge on any atom is 0.211 e. The third-order valence-corrected chi connectivity index (χ3v) is 3.64. The van der Waals surface area contributed by atoms with E-state index in [-0.39, 0.29) is 6.04 Å². The Labute approximate surface area is 148 Å². The van der Waals surface area contributed by atoms with Gasteiger partial charge in [0.15, 0.2) is 5.75 Å². The fraction of sp³-hybridized carbons (Fsp3) is 0.300. The van der Waals surface area contributed by atoms with Crippen LogP contribution in [0.1, 0.15) is 32.8 Å². The second-order valence-corrected chi connectivity index (χ2v) is 6.04. The van der Waals surface area contributed by atoms with Crippen molar-refractivity contribution in [2.75, 3.05) is 17.2 Å². The smallest absolute Gasteiger partial charge is 0.211 e. The molecule has 2 aromatic rings. The van der Waals surface area contributed by atoms with E-state index in [0.717, 1.165) is 28.8 Å². The van der Waals surface area contributed by atoms with Gasteiger partial charge in [-0.25, -0.2) is 0 Å². The Hall–Kier alpha value is -2.82. The van der Waals surface area contributed by atoms with Gasteiger partial charge in [0.05, 0.1) is 12.3 Å². The van der Waals surface area contributed by atoms with E-state index in [1.165, 1.54) is 6.21 Å². The maximum atomic E-state index is 10.9. The summed E-state index contributed by atoms with van der Waals surface area (Å²) in [4.78, 5) is 10.9. The molecule has 0 aliphatic heterocycles. The van der Waals surface area contributed by atoms with Crippen molar-refractivity contribution in [2.45, 2.75) is 33.2 Å². The van der Waals surface area contributed by atoms with E-state index in [0.29, 0.717) is 24.5 Å². The molecule has 0 bridgehead atoms. The van der Waals surface area contributed by atoms with Crippen molar-refractivity contribution < 1.29 is 9.53 Å². The molecule has 1 amide bonds. The molecule has 0 unspecified atom stereocenters. The summed E-state index contributed by atoms with van der Waals surface area (Å²) < 4.78 is 5.90. The van der Waals surface area contributed by atoms with E-state index < -0.39 is 0 Å². The minimum absolute atomic E-state index is 0.285. The number of nitrogens with one attached hydrogen (secondary N) is 3. The Balaban J connectivity index is 2.51. The Morgan fingerprint density at radius 3 is 2.64 bits per heavy atom. The van der Waals surface area contributed by atoms with E-state index in [4.69, 9.17) is 10.1 Å². The van der Waals surface area contributed by atoms with E-state index in [1.54, 1.807) is 0 Å². The monoisotopic (exact) mass is 339 g/mol. The van der Waals surface area contributed by atoms with E-state index in [1.807, 2.05) is 43.3 Å². The number of carbonyl (C=O) groups excluding carboxylic acids is 1. The Bertz CT molecular complexity index is 742. The predicted octanol–water partition coefficient (Wildman–Crippen LogP) is 4.53. The summed E-state index contributed by atoms with van der Waals surface area (Å²) in [5, 5.41) is 13.7.